The Morgan fingerprint density at radius 3 is 2.53 bits per heavy atom. The molecule has 1 fully saturated rings. The minimum atomic E-state index is -0.170. The maximum atomic E-state index is 12.6. The fourth-order valence-electron chi connectivity index (χ4n) is 3.22. The van der Waals surface area contributed by atoms with Gasteiger partial charge in [-0.3, -0.25) is 0 Å². The second kappa shape index (κ2) is 9.20. The molecule has 1 aromatic heterocycles. The number of aryl methyl sites for hydroxylation is 1. The number of benzene rings is 2. The van der Waals surface area contributed by atoms with Crippen molar-refractivity contribution in [1.29, 1.82) is 0 Å². The van der Waals surface area contributed by atoms with E-state index in [2.05, 4.69) is 45.8 Å². The van der Waals surface area contributed by atoms with Gasteiger partial charge in [-0.05, 0) is 30.7 Å². The van der Waals surface area contributed by atoms with Crippen molar-refractivity contribution in [2.24, 2.45) is 0 Å². The van der Waals surface area contributed by atoms with Crippen LogP contribution in [0.15, 0.2) is 42.5 Å². The van der Waals surface area contributed by atoms with Crippen molar-refractivity contribution in [3.8, 4) is 0 Å². The maximum Gasteiger partial charge on any atom is 0.322 e. The van der Waals surface area contributed by atoms with E-state index in [-0.39, 0.29) is 6.03 Å². The van der Waals surface area contributed by atoms with Crippen LogP contribution in [0.25, 0.3) is 0 Å². The van der Waals surface area contributed by atoms with Crippen LogP contribution in [0.3, 0.4) is 0 Å². The molecular weight excluding hydrogens is 441 g/mol. The quantitative estimate of drug-likeness (QED) is 0.586. The number of aromatic nitrogens is 2. The van der Waals surface area contributed by atoms with Gasteiger partial charge in [0.1, 0.15) is 5.82 Å². The lowest BCUT2D eigenvalue weighted by Crippen LogP contribution is -2.50. The highest BCUT2D eigenvalue weighted by Gasteiger charge is 2.23. The van der Waals surface area contributed by atoms with Crippen molar-refractivity contribution in [1.82, 2.24) is 14.3 Å². The summed E-state index contributed by atoms with van der Waals surface area (Å²) in [5.74, 6) is 0.830. The highest BCUT2D eigenvalue weighted by atomic mass is 35.5. The molecule has 1 N–H and O–H groups in total. The number of carbonyl (C=O) groups excluding carboxylic acids is 1. The van der Waals surface area contributed by atoms with E-state index in [1.165, 1.54) is 22.7 Å². The minimum Gasteiger partial charge on any atom is -0.343 e. The molecule has 1 saturated heterocycles. The summed E-state index contributed by atoms with van der Waals surface area (Å²) in [4.78, 5) is 21.2. The Morgan fingerprint density at radius 1 is 1.10 bits per heavy atom. The van der Waals surface area contributed by atoms with Crippen LogP contribution in [-0.2, 0) is 6.42 Å². The molecule has 1 aliphatic heterocycles. The molecule has 156 valence electrons. The third-order valence-electron chi connectivity index (χ3n) is 4.95. The van der Waals surface area contributed by atoms with Gasteiger partial charge in [0.05, 0.1) is 10.7 Å². The Bertz CT molecular complexity index is 1030. The zero-order valence-corrected chi connectivity index (χ0v) is 18.8. The second-order valence-electron chi connectivity index (χ2n) is 7.18. The van der Waals surface area contributed by atoms with Gasteiger partial charge in [-0.25, -0.2) is 9.78 Å². The summed E-state index contributed by atoms with van der Waals surface area (Å²) in [6.07, 6.45) is 0.723. The summed E-state index contributed by atoms with van der Waals surface area (Å²) in [6.45, 7) is 4.70. The van der Waals surface area contributed by atoms with Crippen LogP contribution in [0.1, 0.15) is 17.0 Å². The number of piperazine rings is 1. The maximum absolute atomic E-state index is 12.6. The van der Waals surface area contributed by atoms with Gasteiger partial charge >= 0.3 is 6.03 Å². The molecule has 9 heteroatoms. The Morgan fingerprint density at radius 2 is 1.83 bits per heavy atom. The first-order valence-electron chi connectivity index (χ1n) is 9.62. The molecule has 2 heterocycles. The number of rotatable bonds is 4. The van der Waals surface area contributed by atoms with Gasteiger partial charge in [-0.15, -0.1) is 0 Å². The SMILES string of the molecule is Cc1ccc(Cc2nsc(N3CCN(C(=O)Nc4ccc(Cl)cc4Cl)CC3)n2)cc1. The predicted octanol–water partition coefficient (Wildman–Crippen LogP) is 5.10. The van der Waals surface area contributed by atoms with Gasteiger partial charge in [0.15, 0.2) is 0 Å². The lowest BCUT2D eigenvalue weighted by atomic mass is 10.1. The summed E-state index contributed by atoms with van der Waals surface area (Å²) in [5.41, 5.74) is 3.00. The molecule has 0 atom stereocenters. The molecule has 0 radical (unpaired) electrons. The van der Waals surface area contributed by atoms with Crippen LogP contribution in [-0.4, -0.2) is 46.5 Å². The van der Waals surface area contributed by atoms with E-state index in [9.17, 15) is 4.79 Å². The van der Waals surface area contributed by atoms with Crippen LogP contribution in [0.2, 0.25) is 10.0 Å². The number of carbonyl (C=O) groups is 1. The van der Waals surface area contributed by atoms with Gasteiger partial charge in [-0.2, -0.15) is 4.37 Å². The van der Waals surface area contributed by atoms with Crippen LogP contribution in [0.4, 0.5) is 15.6 Å². The first-order chi connectivity index (χ1) is 14.5. The van der Waals surface area contributed by atoms with Gasteiger partial charge in [0, 0.05) is 49.2 Å². The molecule has 0 saturated carbocycles. The molecule has 0 spiro atoms. The zero-order valence-electron chi connectivity index (χ0n) is 16.4. The van der Waals surface area contributed by atoms with E-state index in [0.29, 0.717) is 41.9 Å². The highest BCUT2D eigenvalue weighted by Crippen LogP contribution is 2.26. The second-order valence-corrected chi connectivity index (χ2v) is 8.76. The molecule has 0 bridgehead atoms. The standard InChI is InChI=1S/C21H21Cl2N5OS/c1-14-2-4-15(5-3-14)12-19-25-21(30-26-19)28-10-8-27(9-11-28)20(29)24-18-7-6-16(22)13-17(18)23/h2-7,13H,8-12H2,1H3,(H,24,29). The predicted molar refractivity (Wildman–Crippen MR) is 123 cm³/mol. The number of amides is 2. The largest absolute Gasteiger partial charge is 0.343 e. The smallest absolute Gasteiger partial charge is 0.322 e. The van der Waals surface area contributed by atoms with Crippen LogP contribution < -0.4 is 10.2 Å². The van der Waals surface area contributed by atoms with Crippen molar-refractivity contribution in [2.45, 2.75) is 13.3 Å². The molecular formula is C21H21Cl2N5OS. The fourth-order valence-corrected chi connectivity index (χ4v) is 4.41. The Kier molecular flexibility index (Phi) is 6.41. The van der Waals surface area contributed by atoms with E-state index in [0.717, 1.165) is 17.4 Å². The number of nitrogens with zero attached hydrogens (tertiary/aromatic N) is 4. The van der Waals surface area contributed by atoms with E-state index in [1.54, 1.807) is 23.1 Å². The van der Waals surface area contributed by atoms with E-state index in [1.807, 2.05) is 0 Å². The number of urea groups is 1. The van der Waals surface area contributed by atoms with E-state index in [4.69, 9.17) is 28.2 Å². The van der Waals surface area contributed by atoms with Crippen molar-refractivity contribution >= 4 is 51.6 Å². The Hall–Kier alpha value is -2.35. The van der Waals surface area contributed by atoms with Crippen molar-refractivity contribution < 1.29 is 4.79 Å². The van der Waals surface area contributed by atoms with Crippen molar-refractivity contribution in [3.63, 3.8) is 0 Å². The molecule has 6 nitrogen and oxygen atoms in total. The third-order valence-corrected chi connectivity index (χ3v) is 6.31. The summed E-state index contributed by atoms with van der Waals surface area (Å²) in [5, 5.41) is 4.70. The average Bonchev–Trinajstić information content (AvgIpc) is 3.20. The summed E-state index contributed by atoms with van der Waals surface area (Å²) in [6, 6.07) is 13.3. The lowest BCUT2D eigenvalue weighted by Gasteiger charge is -2.34. The molecule has 2 amide bonds. The van der Waals surface area contributed by atoms with E-state index < -0.39 is 0 Å². The topological polar surface area (TPSA) is 61.4 Å². The Balaban J connectivity index is 1.31. The molecule has 30 heavy (non-hydrogen) atoms. The van der Waals surface area contributed by atoms with Crippen LogP contribution in [0, 0.1) is 6.92 Å². The number of nitrogens with one attached hydrogen (secondary N) is 1. The Labute approximate surface area is 189 Å². The molecule has 2 aromatic carbocycles. The number of halogens is 2. The number of hydrogen-bond acceptors (Lipinski definition) is 5. The van der Waals surface area contributed by atoms with E-state index >= 15 is 0 Å². The summed E-state index contributed by atoms with van der Waals surface area (Å²) in [7, 11) is 0. The first kappa shape index (κ1) is 20.9. The van der Waals surface area contributed by atoms with Gasteiger partial charge in [-0.1, -0.05) is 53.0 Å². The van der Waals surface area contributed by atoms with Crippen LogP contribution >= 0.6 is 34.7 Å². The van der Waals surface area contributed by atoms with Gasteiger partial charge < -0.3 is 15.1 Å². The zero-order chi connectivity index (χ0) is 21.1. The van der Waals surface area contributed by atoms with Crippen molar-refractivity contribution in [3.05, 3.63) is 69.5 Å². The molecule has 1 aliphatic rings. The summed E-state index contributed by atoms with van der Waals surface area (Å²) < 4.78 is 4.51. The molecule has 4 rings (SSSR count). The van der Waals surface area contributed by atoms with Crippen molar-refractivity contribution in [2.75, 3.05) is 36.4 Å². The summed E-state index contributed by atoms with van der Waals surface area (Å²) >= 11 is 13.5. The molecule has 0 unspecified atom stereocenters. The molecule has 3 aromatic rings. The van der Waals surface area contributed by atoms with Gasteiger partial charge in [0.2, 0.25) is 5.13 Å². The number of anilines is 2. The lowest BCUT2D eigenvalue weighted by molar-refractivity contribution is 0.208. The van der Waals surface area contributed by atoms with Crippen LogP contribution in [0.5, 0.6) is 0 Å². The highest BCUT2D eigenvalue weighted by molar-refractivity contribution is 7.09. The first-order valence-corrected chi connectivity index (χ1v) is 11.1. The average molecular weight is 462 g/mol. The molecule has 0 aliphatic carbocycles. The fraction of sp³-hybridized carbons (Fsp3) is 0.286. The minimum absolute atomic E-state index is 0.170. The monoisotopic (exact) mass is 461 g/mol. The normalized spacial score (nSPS) is 14.1. The third kappa shape index (κ3) is 5.03. The van der Waals surface area contributed by atoms with Gasteiger partial charge in [0.25, 0.3) is 0 Å². The number of hydrogen-bond donors (Lipinski definition) is 1.